The molecule has 0 radical (unpaired) electrons. The molecule has 3 fully saturated rings. The average molecular weight is 424 g/mol. The Kier molecular flexibility index (Phi) is 5.41. The number of nitrogens with zero attached hydrogens (tertiary/aromatic N) is 1. The van der Waals surface area contributed by atoms with Gasteiger partial charge in [-0.2, -0.15) is 5.26 Å². The standard InChI is InChI=1S/C29H45NO/c1-19(2)24-10-11-25-23-9-8-22-17-29(31,21-7-5-6-20(16-21)18-30)15-14-27(22,3)26(23)12-13-28(24,25)4/h19-22,24-25,31H,5-17H2,1-4H3/t20?,21?,22-,24+,25-,27-,28+,29+/m0/s1. The Bertz CT molecular complexity index is 791. The second-order valence-corrected chi connectivity index (χ2v) is 13.1. The van der Waals surface area contributed by atoms with Gasteiger partial charge in [0.2, 0.25) is 0 Å². The Balaban J connectivity index is 1.39. The molecule has 0 saturated heterocycles. The van der Waals surface area contributed by atoms with Crippen LogP contribution in [-0.2, 0) is 0 Å². The molecule has 0 bridgehead atoms. The number of aliphatic hydroxyl groups is 1. The zero-order valence-corrected chi connectivity index (χ0v) is 20.6. The van der Waals surface area contributed by atoms with Gasteiger partial charge in [0.1, 0.15) is 0 Å². The van der Waals surface area contributed by atoms with Crippen LogP contribution in [0.4, 0.5) is 0 Å². The summed E-state index contributed by atoms with van der Waals surface area (Å²) in [6.45, 7) is 10.1. The summed E-state index contributed by atoms with van der Waals surface area (Å²) < 4.78 is 0. The van der Waals surface area contributed by atoms with Crippen molar-refractivity contribution >= 4 is 0 Å². The lowest BCUT2D eigenvalue weighted by molar-refractivity contribution is -0.110. The maximum absolute atomic E-state index is 11.8. The van der Waals surface area contributed by atoms with E-state index in [9.17, 15) is 10.4 Å². The van der Waals surface area contributed by atoms with E-state index in [-0.39, 0.29) is 5.92 Å². The number of hydrogen-bond donors (Lipinski definition) is 1. The fourth-order valence-electron chi connectivity index (χ4n) is 9.78. The van der Waals surface area contributed by atoms with E-state index in [0.717, 1.165) is 62.7 Å². The van der Waals surface area contributed by atoms with Crippen molar-refractivity contribution in [1.82, 2.24) is 0 Å². The molecular weight excluding hydrogens is 378 g/mol. The quantitative estimate of drug-likeness (QED) is 0.469. The largest absolute Gasteiger partial charge is 0.390 e. The van der Waals surface area contributed by atoms with Gasteiger partial charge in [-0.05, 0) is 117 Å². The van der Waals surface area contributed by atoms with Gasteiger partial charge < -0.3 is 5.11 Å². The minimum absolute atomic E-state index is 0.170. The topological polar surface area (TPSA) is 44.0 Å². The van der Waals surface area contributed by atoms with Gasteiger partial charge in [-0.1, -0.05) is 45.3 Å². The Hall–Kier alpha value is -0.810. The van der Waals surface area contributed by atoms with Gasteiger partial charge in [-0.25, -0.2) is 0 Å². The predicted molar refractivity (Wildman–Crippen MR) is 126 cm³/mol. The molecule has 0 aliphatic heterocycles. The smallest absolute Gasteiger partial charge is 0.0679 e. The van der Waals surface area contributed by atoms with Crippen molar-refractivity contribution in [2.75, 3.05) is 0 Å². The van der Waals surface area contributed by atoms with E-state index in [1.54, 1.807) is 0 Å². The summed E-state index contributed by atoms with van der Waals surface area (Å²) in [4.78, 5) is 0. The van der Waals surface area contributed by atoms with Crippen molar-refractivity contribution in [2.24, 2.45) is 46.3 Å². The van der Waals surface area contributed by atoms with Crippen LogP contribution in [0.2, 0.25) is 0 Å². The Morgan fingerprint density at radius 2 is 1.77 bits per heavy atom. The molecule has 0 aromatic carbocycles. The summed E-state index contributed by atoms with van der Waals surface area (Å²) in [6.07, 6.45) is 15.5. The molecule has 2 unspecified atom stereocenters. The maximum atomic E-state index is 11.8. The van der Waals surface area contributed by atoms with E-state index < -0.39 is 5.60 Å². The molecular formula is C29H45NO. The second-order valence-electron chi connectivity index (χ2n) is 13.1. The highest BCUT2D eigenvalue weighted by Gasteiger charge is 2.57. The first-order valence-electron chi connectivity index (χ1n) is 13.6. The van der Waals surface area contributed by atoms with Gasteiger partial charge >= 0.3 is 0 Å². The summed E-state index contributed by atoms with van der Waals surface area (Å²) in [7, 11) is 0. The first-order valence-corrected chi connectivity index (χ1v) is 13.6. The molecule has 5 aliphatic rings. The minimum atomic E-state index is -0.517. The van der Waals surface area contributed by atoms with Gasteiger partial charge in [0.15, 0.2) is 0 Å². The molecule has 0 spiro atoms. The number of rotatable bonds is 2. The lowest BCUT2D eigenvalue weighted by atomic mass is 9.48. The Labute approximate surface area is 190 Å². The van der Waals surface area contributed by atoms with Crippen molar-refractivity contribution in [3.8, 4) is 6.07 Å². The van der Waals surface area contributed by atoms with Crippen molar-refractivity contribution in [3.63, 3.8) is 0 Å². The van der Waals surface area contributed by atoms with Crippen LogP contribution >= 0.6 is 0 Å². The number of allylic oxidation sites excluding steroid dienone is 2. The first-order chi connectivity index (χ1) is 14.7. The van der Waals surface area contributed by atoms with Gasteiger partial charge in [0.25, 0.3) is 0 Å². The van der Waals surface area contributed by atoms with E-state index in [2.05, 4.69) is 33.8 Å². The molecule has 0 aromatic heterocycles. The molecule has 2 nitrogen and oxygen atoms in total. The lowest BCUT2D eigenvalue weighted by Gasteiger charge is -2.58. The van der Waals surface area contributed by atoms with E-state index in [1.807, 2.05) is 11.1 Å². The Morgan fingerprint density at radius 3 is 2.52 bits per heavy atom. The van der Waals surface area contributed by atoms with Crippen LogP contribution in [0.1, 0.15) is 111 Å². The summed E-state index contributed by atoms with van der Waals surface area (Å²) in [5.74, 6) is 3.69. The van der Waals surface area contributed by atoms with Crippen LogP contribution in [0.3, 0.4) is 0 Å². The minimum Gasteiger partial charge on any atom is -0.390 e. The zero-order valence-electron chi connectivity index (χ0n) is 20.6. The summed E-state index contributed by atoms with van der Waals surface area (Å²) in [5.41, 5.74) is 4.05. The van der Waals surface area contributed by atoms with Gasteiger partial charge in [0, 0.05) is 5.92 Å². The maximum Gasteiger partial charge on any atom is 0.0679 e. The molecule has 1 N–H and O–H groups in total. The van der Waals surface area contributed by atoms with E-state index in [1.165, 1.54) is 38.5 Å². The first kappa shape index (κ1) is 22.0. The second kappa shape index (κ2) is 7.62. The number of hydrogen-bond acceptors (Lipinski definition) is 2. The summed E-state index contributed by atoms with van der Waals surface area (Å²) >= 11 is 0. The van der Waals surface area contributed by atoms with Crippen molar-refractivity contribution < 1.29 is 5.11 Å². The molecule has 5 aliphatic carbocycles. The zero-order chi connectivity index (χ0) is 22.0. The molecule has 5 rings (SSSR count). The van der Waals surface area contributed by atoms with Gasteiger partial charge in [-0.3, -0.25) is 0 Å². The van der Waals surface area contributed by atoms with Crippen LogP contribution < -0.4 is 0 Å². The van der Waals surface area contributed by atoms with E-state index in [0.29, 0.717) is 22.7 Å². The monoisotopic (exact) mass is 423 g/mol. The molecule has 31 heavy (non-hydrogen) atoms. The lowest BCUT2D eigenvalue weighted by Crippen LogP contribution is -2.52. The van der Waals surface area contributed by atoms with E-state index >= 15 is 0 Å². The van der Waals surface area contributed by atoms with Crippen molar-refractivity contribution in [3.05, 3.63) is 11.1 Å². The highest BCUT2D eigenvalue weighted by molar-refractivity contribution is 5.35. The van der Waals surface area contributed by atoms with Crippen LogP contribution in [0.25, 0.3) is 0 Å². The molecule has 2 heteroatoms. The van der Waals surface area contributed by atoms with E-state index in [4.69, 9.17) is 0 Å². The molecule has 172 valence electrons. The number of nitriles is 1. The van der Waals surface area contributed by atoms with Crippen LogP contribution in [0.15, 0.2) is 11.1 Å². The SMILES string of the molecule is CC(C)[C@H]1CC[C@H]2C3=C(CC[C@]12C)[C@@]1(C)CC[C@](O)(C2CCCC(C#N)C2)C[C@@H]1CC3. The Morgan fingerprint density at radius 1 is 0.968 bits per heavy atom. The third-order valence-electron chi connectivity index (χ3n) is 11.6. The fraction of sp³-hybridized carbons (Fsp3) is 0.897. The van der Waals surface area contributed by atoms with Gasteiger partial charge in [0.05, 0.1) is 11.7 Å². The predicted octanol–water partition coefficient (Wildman–Crippen LogP) is 7.43. The van der Waals surface area contributed by atoms with Crippen LogP contribution in [-0.4, -0.2) is 10.7 Å². The van der Waals surface area contributed by atoms with Gasteiger partial charge in [-0.15, -0.1) is 0 Å². The molecule has 0 aromatic rings. The highest BCUT2D eigenvalue weighted by atomic mass is 16.3. The average Bonchev–Trinajstić information content (AvgIpc) is 3.12. The summed E-state index contributed by atoms with van der Waals surface area (Å²) in [5, 5.41) is 21.3. The van der Waals surface area contributed by atoms with Crippen LogP contribution in [0.5, 0.6) is 0 Å². The molecule has 8 atom stereocenters. The molecule has 3 saturated carbocycles. The summed E-state index contributed by atoms with van der Waals surface area (Å²) in [6, 6.07) is 2.51. The fourth-order valence-corrected chi connectivity index (χ4v) is 9.78. The molecule has 0 amide bonds. The normalized spacial score (nSPS) is 49.9. The molecule has 0 heterocycles. The third-order valence-corrected chi connectivity index (χ3v) is 11.6. The number of fused-ring (bicyclic) bond motifs is 4. The highest BCUT2D eigenvalue weighted by Crippen LogP contribution is 2.66. The van der Waals surface area contributed by atoms with Crippen LogP contribution in [0, 0.1) is 57.7 Å². The third kappa shape index (κ3) is 3.27. The van der Waals surface area contributed by atoms with Crippen molar-refractivity contribution in [2.45, 2.75) is 117 Å². The van der Waals surface area contributed by atoms with Crippen molar-refractivity contribution in [1.29, 1.82) is 5.26 Å².